The molecule has 3 heterocycles. The third kappa shape index (κ3) is 1.98. The van der Waals surface area contributed by atoms with Crippen molar-refractivity contribution in [3.8, 4) is 11.3 Å². The summed E-state index contributed by atoms with van der Waals surface area (Å²) in [6.07, 6.45) is 2.75. The van der Waals surface area contributed by atoms with E-state index in [0.29, 0.717) is 0 Å². The van der Waals surface area contributed by atoms with Crippen LogP contribution in [0.2, 0.25) is 0 Å². The van der Waals surface area contributed by atoms with Gasteiger partial charge in [0.15, 0.2) is 22.6 Å². The normalized spacial score (nSPS) is 19.9. The average Bonchev–Trinajstić information content (AvgIpc) is 2.98. The second kappa shape index (κ2) is 4.78. The Labute approximate surface area is 138 Å². The van der Waals surface area contributed by atoms with Crippen LogP contribution in [0.3, 0.4) is 0 Å². The summed E-state index contributed by atoms with van der Waals surface area (Å²) in [5, 5.41) is 8.15. The molecule has 5 rings (SSSR count). The Morgan fingerprint density at radius 2 is 2.04 bits per heavy atom. The number of nitrogens with two attached hydrogens (primary N) is 1. The highest BCUT2D eigenvalue weighted by Gasteiger charge is 2.34. The van der Waals surface area contributed by atoms with Crippen molar-refractivity contribution in [3.63, 3.8) is 0 Å². The SMILES string of the molecule is Cn1cnc2c(N[C@@H]3C[C@@H]3N)nc3cc(-c4ccccc4)nn3c21. The molecule has 120 valence electrons. The number of hydrogen-bond donors (Lipinski definition) is 2. The molecule has 0 radical (unpaired) electrons. The Bertz CT molecular complexity index is 1050. The van der Waals surface area contributed by atoms with E-state index >= 15 is 0 Å². The Hall–Kier alpha value is -2.93. The summed E-state index contributed by atoms with van der Waals surface area (Å²) < 4.78 is 3.81. The lowest BCUT2D eigenvalue weighted by molar-refractivity contribution is 0.876. The highest BCUT2D eigenvalue weighted by molar-refractivity contribution is 5.86. The van der Waals surface area contributed by atoms with E-state index in [1.54, 1.807) is 6.33 Å². The zero-order chi connectivity index (χ0) is 16.3. The molecule has 0 saturated heterocycles. The maximum Gasteiger partial charge on any atom is 0.167 e. The van der Waals surface area contributed by atoms with Crippen molar-refractivity contribution in [2.45, 2.75) is 18.5 Å². The van der Waals surface area contributed by atoms with Crippen LogP contribution in [0, 0.1) is 0 Å². The number of hydrogen-bond acceptors (Lipinski definition) is 5. The van der Waals surface area contributed by atoms with Crippen molar-refractivity contribution in [1.82, 2.24) is 24.1 Å². The summed E-state index contributed by atoms with van der Waals surface area (Å²) >= 11 is 0. The van der Waals surface area contributed by atoms with Crippen molar-refractivity contribution in [1.29, 1.82) is 0 Å². The number of anilines is 1. The number of aryl methyl sites for hydroxylation is 1. The molecule has 3 N–H and O–H groups in total. The van der Waals surface area contributed by atoms with Gasteiger partial charge in [0, 0.05) is 30.8 Å². The van der Waals surface area contributed by atoms with Gasteiger partial charge in [-0.05, 0) is 6.42 Å². The number of fused-ring (bicyclic) bond motifs is 3. The molecule has 3 aromatic heterocycles. The van der Waals surface area contributed by atoms with Gasteiger partial charge in [0.2, 0.25) is 0 Å². The lowest BCUT2D eigenvalue weighted by atomic mass is 10.2. The van der Waals surface area contributed by atoms with E-state index in [2.05, 4.69) is 10.3 Å². The highest BCUT2D eigenvalue weighted by Crippen LogP contribution is 2.29. The third-order valence-electron chi connectivity index (χ3n) is 4.48. The summed E-state index contributed by atoms with van der Waals surface area (Å²) in [7, 11) is 1.96. The lowest BCUT2D eigenvalue weighted by Crippen LogP contribution is -2.15. The van der Waals surface area contributed by atoms with Gasteiger partial charge in [-0.15, -0.1) is 0 Å². The quantitative estimate of drug-likeness (QED) is 0.601. The number of nitrogens with zero attached hydrogens (tertiary/aromatic N) is 5. The van der Waals surface area contributed by atoms with Gasteiger partial charge >= 0.3 is 0 Å². The molecule has 2 atom stereocenters. The van der Waals surface area contributed by atoms with E-state index in [9.17, 15) is 0 Å². The van der Waals surface area contributed by atoms with Crippen molar-refractivity contribution in [2.24, 2.45) is 12.8 Å². The molecule has 0 bridgehead atoms. The third-order valence-corrected chi connectivity index (χ3v) is 4.48. The second-order valence-corrected chi connectivity index (χ2v) is 6.30. The summed E-state index contributed by atoms with van der Waals surface area (Å²) in [5.41, 5.74) is 10.4. The molecule has 1 fully saturated rings. The molecule has 0 aliphatic heterocycles. The van der Waals surface area contributed by atoms with Gasteiger partial charge < -0.3 is 15.6 Å². The van der Waals surface area contributed by atoms with Crippen LogP contribution in [0.4, 0.5) is 5.82 Å². The molecule has 1 aliphatic carbocycles. The van der Waals surface area contributed by atoms with E-state index in [1.807, 2.05) is 52.5 Å². The van der Waals surface area contributed by atoms with Crippen LogP contribution in [-0.4, -0.2) is 36.2 Å². The van der Waals surface area contributed by atoms with Crippen molar-refractivity contribution in [3.05, 3.63) is 42.7 Å². The molecule has 1 saturated carbocycles. The molecule has 0 unspecified atom stereocenters. The number of aromatic nitrogens is 5. The molecular weight excluding hydrogens is 302 g/mol. The van der Waals surface area contributed by atoms with Crippen molar-refractivity contribution >= 4 is 22.6 Å². The van der Waals surface area contributed by atoms with Crippen molar-refractivity contribution < 1.29 is 0 Å². The zero-order valence-corrected chi connectivity index (χ0v) is 13.2. The van der Waals surface area contributed by atoms with Gasteiger partial charge in [-0.25, -0.2) is 9.97 Å². The lowest BCUT2D eigenvalue weighted by Gasteiger charge is -2.06. The van der Waals surface area contributed by atoms with Gasteiger partial charge in [-0.3, -0.25) is 0 Å². The molecule has 1 aromatic carbocycles. The Kier molecular flexibility index (Phi) is 2.69. The van der Waals surface area contributed by atoms with Gasteiger partial charge in [0.1, 0.15) is 0 Å². The number of imidazole rings is 1. The summed E-state index contributed by atoms with van der Waals surface area (Å²) in [4.78, 5) is 9.23. The highest BCUT2D eigenvalue weighted by atomic mass is 15.3. The van der Waals surface area contributed by atoms with Crippen LogP contribution in [0.1, 0.15) is 6.42 Å². The van der Waals surface area contributed by atoms with E-state index in [-0.39, 0.29) is 12.1 Å². The average molecular weight is 319 g/mol. The molecule has 1 aliphatic rings. The van der Waals surface area contributed by atoms with E-state index in [4.69, 9.17) is 15.8 Å². The standard InChI is InChI=1S/C17H17N7/c1-23-9-19-15-16(20-13-7-11(13)18)21-14-8-12(22-24(14)17(15)23)10-5-3-2-4-6-10/h2-6,8-9,11,13H,7,18H2,1H3,(H,20,21)/t11-,13+/m0/s1. The van der Waals surface area contributed by atoms with E-state index in [0.717, 1.165) is 40.3 Å². The topological polar surface area (TPSA) is 86.1 Å². The predicted octanol–water partition coefficient (Wildman–Crippen LogP) is 1.79. The Morgan fingerprint density at radius 3 is 2.79 bits per heavy atom. The first kappa shape index (κ1) is 13.5. The van der Waals surface area contributed by atoms with Crippen LogP contribution in [0.15, 0.2) is 42.7 Å². The van der Waals surface area contributed by atoms with Crippen LogP contribution in [0.25, 0.3) is 28.1 Å². The van der Waals surface area contributed by atoms with E-state index < -0.39 is 0 Å². The minimum absolute atomic E-state index is 0.201. The van der Waals surface area contributed by atoms with Crippen molar-refractivity contribution in [2.75, 3.05) is 5.32 Å². The smallest absolute Gasteiger partial charge is 0.167 e. The predicted molar refractivity (Wildman–Crippen MR) is 92.7 cm³/mol. The molecule has 7 heteroatoms. The van der Waals surface area contributed by atoms with Gasteiger partial charge in [0.05, 0.1) is 12.0 Å². The molecular formula is C17H17N7. The first-order chi connectivity index (χ1) is 11.7. The fourth-order valence-electron chi connectivity index (χ4n) is 3.02. The van der Waals surface area contributed by atoms with Crippen LogP contribution < -0.4 is 11.1 Å². The zero-order valence-electron chi connectivity index (χ0n) is 13.2. The summed E-state index contributed by atoms with van der Waals surface area (Å²) in [6, 6.07) is 12.6. The second-order valence-electron chi connectivity index (χ2n) is 6.30. The van der Waals surface area contributed by atoms with Crippen LogP contribution >= 0.6 is 0 Å². The van der Waals surface area contributed by atoms with Gasteiger partial charge in [-0.2, -0.15) is 9.61 Å². The molecule has 0 spiro atoms. The first-order valence-corrected chi connectivity index (χ1v) is 7.99. The van der Waals surface area contributed by atoms with E-state index in [1.165, 1.54) is 0 Å². The first-order valence-electron chi connectivity index (χ1n) is 7.99. The number of nitrogens with one attached hydrogen (secondary N) is 1. The van der Waals surface area contributed by atoms with Gasteiger partial charge in [-0.1, -0.05) is 30.3 Å². The molecule has 0 amide bonds. The number of benzene rings is 1. The maximum atomic E-state index is 5.92. The van der Waals surface area contributed by atoms with Gasteiger partial charge in [0.25, 0.3) is 0 Å². The summed E-state index contributed by atoms with van der Waals surface area (Å²) in [6.45, 7) is 0. The largest absolute Gasteiger partial charge is 0.364 e. The van der Waals surface area contributed by atoms with Crippen LogP contribution in [0.5, 0.6) is 0 Å². The minimum atomic E-state index is 0.201. The fourth-order valence-corrected chi connectivity index (χ4v) is 3.02. The van der Waals surface area contributed by atoms with Crippen LogP contribution in [-0.2, 0) is 7.05 Å². The fraction of sp³-hybridized carbons (Fsp3) is 0.235. The molecule has 7 nitrogen and oxygen atoms in total. The monoisotopic (exact) mass is 319 g/mol. The Morgan fingerprint density at radius 1 is 1.25 bits per heavy atom. The Balaban J connectivity index is 1.73. The molecule has 24 heavy (non-hydrogen) atoms. The maximum absolute atomic E-state index is 5.92. The minimum Gasteiger partial charge on any atom is -0.364 e. The number of rotatable bonds is 3. The summed E-state index contributed by atoms with van der Waals surface area (Å²) in [5.74, 6) is 0.774. The molecule has 4 aromatic rings.